The molecule has 0 aromatic heterocycles. The molecule has 0 spiro atoms. The number of amides is 1. The normalized spacial score (nSPS) is 16.0. The van der Waals surface area contributed by atoms with Crippen molar-refractivity contribution in [1.82, 2.24) is 10.2 Å². The van der Waals surface area contributed by atoms with E-state index in [1.54, 1.807) is 0 Å². The lowest BCUT2D eigenvalue weighted by molar-refractivity contribution is -0.130. The van der Waals surface area contributed by atoms with Gasteiger partial charge in [-0.3, -0.25) is 4.79 Å². The van der Waals surface area contributed by atoms with E-state index in [2.05, 4.69) is 69.5 Å². The van der Waals surface area contributed by atoms with Crippen molar-refractivity contribution in [2.24, 2.45) is 0 Å². The highest BCUT2D eigenvalue weighted by atomic mass is 19.1. The molecule has 7 heteroatoms. The van der Waals surface area contributed by atoms with E-state index in [0.717, 1.165) is 68.9 Å². The van der Waals surface area contributed by atoms with Crippen molar-refractivity contribution in [3.8, 4) is 0 Å². The molecule has 1 aliphatic carbocycles. The number of hydrogen-bond acceptors (Lipinski definition) is 4. The van der Waals surface area contributed by atoms with Crippen LogP contribution in [0.15, 0.2) is 66.7 Å². The third-order valence-electron chi connectivity index (χ3n) is 9.45. The summed E-state index contributed by atoms with van der Waals surface area (Å²) in [6.07, 6.45) is 6.79. The van der Waals surface area contributed by atoms with Crippen LogP contribution in [0.5, 0.6) is 0 Å². The molecule has 47 heavy (non-hydrogen) atoms. The fourth-order valence-corrected chi connectivity index (χ4v) is 6.89. The number of halogens is 2. The molecule has 1 amide bonds. The maximum atomic E-state index is 14.2. The van der Waals surface area contributed by atoms with Crippen LogP contribution in [0.1, 0.15) is 102 Å². The summed E-state index contributed by atoms with van der Waals surface area (Å²) >= 11 is 0. The number of hydrogen-bond donors (Lipinski definition) is 3. The molecule has 3 aromatic carbocycles. The fourth-order valence-electron chi connectivity index (χ4n) is 6.89. The lowest BCUT2D eigenvalue weighted by atomic mass is 9.74. The van der Waals surface area contributed by atoms with Crippen molar-refractivity contribution < 1.29 is 18.7 Å². The van der Waals surface area contributed by atoms with Gasteiger partial charge in [-0.1, -0.05) is 90.3 Å². The van der Waals surface area contributed by atoms with Crippen molar-refractivity contribution in [2.45, 2.75) is 116 Å². The SMILES string of the molecule is CCCN(CCC)C(=O)Cc1cccc(N[C@@H](Cc2cc(F)cc(F)c2)[C@H](O)CNC2(c3cccc(C(C)(C)C)c3)CCCCC2)c1. The first kappa shape index (κ1) is 36.5. The number of rotatable bonds is 15. The maximum Gasteiger partial charge on any atom is 0.226 e. The second-order valence-corrected chi connectivity index (χ2v) is 14.4. The van der Waals surface area contributed by atoms with Gasteiger partial charge in [0.1, 0.15) is 11.6 Å². The Labute approximate surface area is 281 Å². The molecule has 0 bridgehead atoms. The maximum absolute atomic E-state index is 14.2. The van der Waals surface area contributed by atoms with Gasteiger partial charge in [0.05, 0.1) is 18.6 Å². The average molecular weight is 648 g/mol. The van der Waals surface area contributed by atoms with Crippen molar-refractivity contribution in [3.63, 3.8) is 0 Å². The van der Waals surface area contributed by atoms with Gasteiger partial charge < -0.3 is 20.6 Å². The zero-order valence-corrected chi connectivity index (χ0v) is 29.0. The van der Waals surface area contributed by atoms with E-state index in [9.17, 15) is 18.7 Å². The lowest BCUT2D eigenvalue weighted by Gasteiger charge is -2.41. The second kappa shape index (κ2) is 16.7. The van der Waals surface area contributed by atoms with Crippen LogP contribution in [0.3, 0.4) is 0 Å². The summed E-state index contributed by atoms with van der Waals surface area (Å²) in [5.41, 5.74) is 4.36. The van der Waals surface area contributed by atoms with Crippen LogP contribution >= 0.6 is 0 Å². The average Bonchev–Trinajstić information content (AvgIpc) is 3.03. The predicted octanol–water partition coefficient (Wildman–Crippen LogP) is 8.29. The van der Waals surface area contributed by atoms with E-state index in [0.29, 0.717) is 12.1 Å². The summed E-state index contributed by atoms with van der Waals surface area (Å²) in [5, 5.41) is 19.0. The summed E-state index contributed by atoms with van der Waals surface area (Å²) in [5.74, 6) is -1.19. The third kappa shape index (κ3) is 10.3. The van der Waals surface area contributed by atoms with Gasteiger partial charge in [0.2, 0.25) is 5.91 Å². The van der Waals surface area contributed by atoms with Gasteiger partial charge in [-0.05, 0) is 84.0 Å². The van der Waals surface area contributed by atoms with Gasteiger partial charge in [-0.25, -0.2) is 8.78 Å². The Balaban J connectivity index is 1.57. The predicted molar refractivity (Wildman–Crippen MR) is 189 cm³/mol. The van der Waals surface area contributed by atoms with Gasteiger partial charge in [0.15, 0.2) is 0 Å². The van der Waals surface area contributed by atoms with Crippen LogP contribution in [0.2, 0.25) is 0 Å². The molecule has 5 nitrogen and oxygen atoms in total. The van der Waals surface area contributed by atoms with Crippen LogP contribution in [0, 0.1) is 11.6 Å². The van der Waals surface area contributed by atoms with Crippen LogP contribution in [0.4, 0.5) is 14.5 Å². The molecule has 0 heterocycles. The molecule has 1 saturated carbocycles. The van der Waals surface area contributed by atoms with Gasteiger partial charge in [-0.15, -0.1) is 0 Å². The van der Waals surface area contributed by atoms with Crippen molar-refractivity contribution in [2.75, 3.05) is 25.0 Å². The monoisotopic (exact) mass is 647 g/mol. The first-order chi connectivity index (χ1) is 22.4. The summed E-state index contributed by atoms with van der Waals surface area (Å²) in [4.78, 5) is 15.0. The molecule has 4 rings (SSSR count). The van der Waals surface area contributed by atoms with E-state index < -0.39 is 23.8 Å². The number of benzene rings is 3. The number of nitrogens with zero attached hydrogens (tertiary/aromatic N) is 1. The van der Waals surface area contributed by atoms with E-state index >= 15 is 0 Å². The van der Waals surface area contributed by atoms with Crippen molar-refractivity contribution in [3.05, 3.63) is 101 Å². The number of aliphatic hydroxyl groups is 1. The zero-order valence-electron chi connectivity index (χ0n) is 29.0. The zero-order chi connectivity index (χ0) is 34.0. The topological polar surface area (TPSA) is 64.6 Å². The highest BCUT2D eigenvalue weighted by molar-refractivity contribution is 5.79. The van der Waals surface area contributed by atoms with Crippen LogP contribution in [0.25, 0.3) is 0 Å². The van der Waals surface area contributed by atoms with Gasteiger partial charge in [0.25, 0.3) is 0 Å². The van der Waals surface area contributed by atoms with Crippen LogP contribution in [-0.2, 0) is 28.6 Å². The fraction of sp³-hybridized carbons (Fsp3) is 0.525. The molecule has 1 fully saturated rings. The van der Waals surface area contributed by atoms with Gasteiger partial charge in [0, 0.05) is 36.9 Å². The van der Waals surface area contributed by atoms with E-state index in [1.165, 1.54) is 29.7 Å². The number of anilines is 1. The lowest BCUT2D eigenvalue weighted by Crippen LogP contribution is -2.50. The van der Waals surface area contributed by atoms with Crippen molar-refractivity contribution in [1.29, 1.82) is 0 Å². The Hall–Kier alpha value is -3.29. The minimum absolute atomic E-state index is 0.0179. The quantitative estimate of drug-likeness (QED) is 0.155. The minimum Gasteiger partial charge on any atom is -0.390 e. The largest absolute Gasteiger partial charge is 0.390 e. The molecule has 1 aliphatic rings. The molecule has 0 aliphatic heterocycles. The minimum atomic E-state index is -0.874. The van der Waals surface area contributed by atoms with Crippen LogP contribution in [-0.4, -0.2) is 47.7 Å². The number of nitrogens with one attached hydrogen (secondary N) is 2. The Kier molecular flexibility index (Phi) is 13.0. The molecular formula is C40H55F2N3O2. The molecule has 3 N–H and O–H groups in total. The summed E-state index contributed by atoms with van der Waals surface area (Å²) in [6, 6.07) is 19.5. The Bertz CT molecular complexity index is 1420. The molecule has 0 unspecified atom stereocenters. The van der Waals surface area contributed by atoms with Gasteiger partial charge in [-0.2, -0.15) is 0 Å². The number of aliphatic hydroxyl groups excluding tert-OH is 1. The molecule has 2 atom stereocenters. The molecule has 0 radical (unpaired) electrons. The number of carbonyl (C=O) groups excluding carboxylic acids is 1. The highest BCUT2D eigenvalue weighted by Crippen LogP contribution is 2.39. The molecule has 3 aromatic rings. The standard InChI is InChI=1S/C40H55F2N3O2/c1-6-19-45(20-7-2)38(47)25-29-13-11-16-35(23-29)44-36(24-30-21-33(41)27-34(42)22-30)37(46)28-43-40(17-9-8-10-18-40)32-15-12-14-31(26-32)39(3,4)5/h11-16,21-23,26-27,36-37,43-44,46H,6-10,17-20,24-25,28H2,1-5H3/t36-,37+/m0/s1. The van der Waals surface area contributed by atoms with Gasteiger partial charge >= 0.3 is 0 Å². The summed E-state index contributed by atoms with van der Waals surface area (Å²) in [7, 11) is 0. The number of carbonyl (C=O) groups is 1. The highest BCUT2D eigenvalue weighted by Gasteiger charge is 2.35. The van der Waals surface area contributed by atoms with E-state index in [4.69, 9.17) is 0 Å². The Morgan fingerprint density at radius 2 is 1.55 bits per heavy atom. The third-order valence-corrected chi connectivity index (χ3v) is 9.45. The van der Waals surface area contributed by atoms with E-state index in [-0.39, 0.29) is 29.7 Å². The summed E-state index contributed by atoms with van der Waals surface area (Å²) < 4.78 is 28.5. The molecule has 0 saturated heterocycles. The Morgan fingerprint density at radius 3 is 2.19 bits per heavy atom. The molecular weight excluding hydrogens is 592 g/mol. The van der Waals surface area contributed by atoms with E-state index in [1.807, 2.05) is 29.2 Å². The second-order valence-electron chi connectivity index (χ2n) is 14.4. The molecule has 256 valence electrons. The van der Waals surface area contributed by atoms with Crippen molar-refractivity contribution >= 4 is 11.6 Å². The van der Waals surface area contributed by atoms with Crippen LogP contribution < -0.4 is 10.6 Å². The first-order valence-electron chi connectivity index (χ1n) is 17.5. The summed E-state index contributed by atoms with van der Waals surface area (Å²) in [6.45, 7) is 12.6. The first-order valence-corrected chi connectivity index (χ1v) is 17.5. The smallest absolute Gasteiger partial charge is 0.226 e. The Morgan fingerprint density at radius 1 is 0.894 bits per heavy atom.